The molecule has 1 unspecified atom stereocenters. The lowest BCUT2D eigenvalue weighted by Crippen LogP contribution is -2.56. The number of sulfone groups is 1. The highest BCUT2D eigenvalue weighted by Gasteiger charge is 2.42. The van der Waals surface area contributed by atoms with Gasteiger partial charge in [-0.05, 0) is 42.1 Å². The molecule has 182 valence electrons. The van der Waals surface area contributed by atoms with Gasteiger partial charge in [0.25, 0.3) is 0 Å². The highest BCUT2D eigenvalue weighted by Crippen LogP contribution is 2.33. The van der Waals surface area contributed by atoms with Crippen molar-refractivity contribution in [2.45, 2.75) is 16.9 Å². The number of allylic oxidation sites excluding steroid dienone is 2. The van der Waals surface area contributed by atoms with Crippen molar-refractivity contribution in [3.05, 3.63) is 101 Å². The van der Waals surface area contributed by atoms with Gasteiger partial charge in [-0.3, -0.25) is 4.79 Å². The van der Waals surface area contributed by atoms with E-state index >= 15 is 0 Å². The molecule has 0 fully saturated rings. The molecule has 1 atom stereocenters. The molecule has 1 aliphatic heterocycles. The first-order valence-electron chi connectivity index (χ1n) is 10.9. The Hall–Kier alpha value is -4.51. The van der Waals surface area contributed by atoms with Crippen molar-refractivity contribution < 1.29 is 17.6 Å². The number of benzene rings is 2. The molecule has 0 radical (unpaired) electrons. The molecule has 1 amide bonds. The fraction of sp³-hybridized carbons (Fsp3) is 0.120. The largest absolute Gasteiger partial charge is 0.420 e. The summed E-state index contributed by atoms with van der Waals surface area (Å²) >= 11 is 0. The molecule has 0 bridgehead atoms. The molecular formula is C25H21N5O5S. The predicted octanol–water partition coefficient (Wildman–Crippen LogP) is 1.74. The van der Waals surface area contributed by atoms with Crippen LogP contribution < -0.4 is 16.7 Å². The number of dihydropyridines is 1. The maximum absolute atomic E-state index is 12.9. The van der Waals surface area contributed by atoms with Gasteiger partial charge in [0.05, 0.1) is 11.1 Å². The highest BCUT2D eigenvalue weighted by molar-refractivity contribution is 7.90. The normalized spacial score (nSPS) is 17.5. The zero-order chi connectivity index (χ0) is 25.5. The lowest BCUT2D eigenvalue weighted by atomic mass is 9.80. The van der Waals surface area contributed by atoms with Gasteiger partial charge >= 0.3 is 5.63 Å². The number of amides is 1. The Kier molecular flexibility index (Phi) is 5.56. The van der Waals surface area contributed by atoms with Gasteiger partial charge < -0.3 is 15.5 Å². The average Bonchev–Trinajstić information content (AvgIpc) is 3.33. The van der Waals surface area contributed by atoms with Gasteiger partial charge in [-0.1, -0.05) is 35.6 Å². The van der Waals surface area contributed by atoms with Crippen molar-refractivity contribution in [1.82, 2.24) is 20.3 Å². The first-order chi connectivity index (χ1) is 17.2. The maximum atomic E-state index is 12.9. The van der Waals surface area contributed by atoms with E-state index in [-0.39, 0.29) is 11.3 Å². The first-order valence-corrected chi connectivity index (χ1v) is 12.8. The molecule has 36 heavy (non-hydrogen) atoms. The summed E-state index contributed by atoms with van der Waals surface area (Å²) in [7, 11) is -3.36. The second-order valence-corrected chi connectivity index (χ2v) is 10.5. The maximum Gasteiger partial charge on any atom is 0.336 e. The predicted molar refractivity (Wildman–Crippen MR) is 133 cm³/mol. The molecule has 4 aromatic rings. The Labute approximate surface area is 205 Å². The molecule has 10 nitrogen and oxygen atoms in total. The first kappa shape index (κ1) is 23.2. The summed E-state index contributed by atoms with van der Waals surface area (Å²) in [6, 6.07) is 14.6. The van der Waals surface area contributed by atoms with Crippen LogP contribution in [-0.2, 0) is 21.1 Å². The summed E-state index contributed by atoms with van der Waals surface area (Å²) in [5.41, 5.74) is 6.47. The minimum absolute atomic E-state index is 0.137. The molecule has 11 heteroatoms. The van der Waals surface area contributed by atoms with Gasteiger partial charge in [0.15, 0.2) is 15.4 Å². The summed E-state index contributed by atoms with van der Waals surface area (Å²) in [5, 5.41) is 12.3. The standard InChI is InChI=1S/C25H21N5O5S/c1-36(33,34)18-10-7-16(8-11-18)14-25(24(26)32)19(5-3-13-27-25)20-15-30(29-28-20)21-6-2-4-17-9-12-22(31)35-23(17)21/h2-13,15,27H,14H2,1H3,(H2,26,32). The Morgan fingerprint density at radius 2 is 1.92 bits per heavy atom. The molecular weight excluding hydrogens is 482 g/mol. The number of aromatic nitrogens is 3. The molecule has 3 heterocycles. The van der Waals surface area contributed by atoms with Crippen molar-refractivity contribution in [3.63, 3.8) is 0 Å². The SMILES string of the molecule is CS(=O)(=O)c1ccc(CC2(C(N)=O)NC=CC=C2c2cn(-c3cccc4ccc(=O)oc34)nn2)cc1. The van der Waals surface area contributed by atoms with Crippen LogP contribution in [0.3, 0.4) is 0 Å². The monoisotopic (exact) mass is 503 g/mol. The fourth-order valence-corrected chi connectivity index (χ4v) is 4.85. The summed E-state index contributed by atoms with van der Waals surface area (Å²) in [5.74, 6) is -0.643. The fourth-order valence-electron chi connectivity index (χ4n) is 4.22. The number of para-hydroxylation sites is 1. The number of primary amides is 1. The van der Waals surface area contributed by atoms with Crippen LogP contribution in [0, 0.1) is 0 Å². The van der Waals surface area contributed by atoms with E-state index in [2.05, 4.69) is 15.6 Å². The van der Waals surface area contributed by atoms with Crippen molar-refractivity contribution in [2.75, 3.05) is 6.26 Å². The van der Waals surface area contributed by atoms with E-state index in [9.17, 15) is 18.0 Å². The highest BCUT2D eigenvalue weighted by atomic mass is 32.2. The molecule has 0 aliphatic carbocycles. The van der Waals surface area contributed by atoms with Gasteiger partial charge in [0.1, 0.15) is 16.9 Å². The zero-order valence-corrected chi connectivity index (χ0v) is 19.9. The van der Waals surface area contributed by atoms with Gasteiger partial charge in [0.2, 0.25) is 5.91 Å². The molecule has 0 saturated carbocycles. The Bertz CT molecular complexity index is 1720. The van der Waals surface area contributed by atoms with Crippen molar-refractivity contribution in [1.29, 1.82) is 0 Å². The Balaban J connectivity index is 1.55. The van der Waals surface area contributed by atoms with Crippen LogP contribution in [0.2, 0.25) is 0 Å². The van der Waals surface area contributed by atoms with Gasteiger partial charge in [0, 0.05) is 29.7 Å². The minimum atomic E-state index is -3.36. The minimum Gasteiger partial charge on any atom is -0.420 e. The number of hydrogen-bond acceptors (Lipinski definition) is 8. The number of nitrogens with zero attached hydrogens (tertiary/aromatic N) is 3. The molecule has 5 rings (SSSR count). The molecule has 1 aliphatic rings. The van der Waals surface area contributed by atoms with E-state index in [4.69, 9.17) is 10.2 Å². The van der Waals surface area contributed by atoms with Crippen LogP contribution in [0.15, 0.2) is 93.3 Å². The van der Waals surface area contributed by atoms with Gasteiger partial charge in [-0.25, -0.2) is 17.9 Å². The number of hydrogen-bond donors (Lipinski definition) is 2. The number of carbonyl (C=O) groups excluding carboxylic acids is 1. The van der Waals surface area contributed by atoms with Gasteiger partial charge in [-0.15, -0.1) is 5.10 Å². The number of nitrogens with two attached hydrogens (primary N) is 1. The summed E-state index contributed by atoms with van der Waals surface area (Å²) in [6.45, 7) is 0. The molecule has 3 N–H and O–H groups in total. The van der Waals surface area contributed by atoms with Crippen LogP contribution in [0.4, 0.5) is 0 Å². The van der Waals surface area contributed by atoms with E-state index in [0.29, 0.717) is 28.1 Å². The molecule has 0 spiro atoms. The Morgan fingerprint density at radius 3 is 2.64 bits per heavy atom. The van der Waals surface area contributed by atoms with Gasteiger partial charge in [-0.2, -0.15) is 0 Å². The van der Waals surface area contributed by atoms with E-state index < -0.39 is 26.9 Å². The smallest absolute Gasteiger partial charge is 0.336 e. The van der Waals surface area contributed by atoms with E-state index in [1.54, 1.807) is 54.9 Å². The van der Waals surface area contributed by atoms with Crippen molar-refractivity contribution >= 4 is 32.3 Å². The van der Waals surface area contributed by atoms with Crippen LogP contribution in [0.1, 0.15) is 11.3 Å². The third-order valence-corrected chi connectivity index (χ3v) is 7.16. The average molecular weight is 504 g/mol. The van der Waals surface area contributed by atoms with Crippen LogP contribution in [-0.4, -0.2) is 41.1 Å². The second-order valence-electron chi connectivity index (χ2n) is 8.44. The van der Waals surface area contributed by atoms with Crippen LogP contribution in [0.5, 0.6) is 0 Å². The van der Waals surface area contributed by atoms with Crippen molar-refractivity contribution in [3.8, 4) is 5.69 Å². The second kappa shape index (κ2) is 8.61. The van der Waals surface area contributed by atoms with Crippen molar-refractivity contribution in [2.24, 2.45) is 5.73 Å². The summed E-state index contributed by atoms with van der Waals surface area (Å²) in [4.78, 5) is 24.8. The van der Waals surface area contributed by atoms with Crippen LogP contribution >= 0.6 is 0 Å². The van der Waals surface area contributed by atoms with E-state index in [1.807, 2.05) is 6.07 Å². The molecule has 2 aromatic heterocycles. The number of rotatable bonds is 6. The zero-order valence-electron chi connectivity index (χ0n) is 19.1. The van der Waals surface area contributed by atoms with E-state index in [0.717, 1.165) is 11.6 Å². The lowest BCUT2D eigenvalue weighted by Gasteiger charge is -2.34. The third-order valence-electron chi connectivity index (χ3n) is 6.03. The van der Waals surface area contributed by atoms with E-state index in [1.165, 1.54) is 22.9 Å². The van der Waals surface area contributed by atoms with Crippen LogP contribution in [0.25, 0.3) is 22.2 Å². The Morgan fingerprint density at radius 1 is 1.14 bits per heavy atom. The number of nitrogens with one attached hydrogen (secondary N) is 1. The third kappa shape index (κ3) is 4.09. The molecule has 2 aromatic carbocycles. The quantitative estimate of drug-likeness (QED) is 0.378. The summed E-state index contributed by atoms with van der Waals surface area (Å²) in [6.07, 6.45) is 7.95. The number of fused-ring (bicyclic) bond motifs is 1. The molecule has 0 saturated heterocycles. The topological polar surface area (TPSA) is 150 Å². The number of carbonyl (C=O) groups is 1. The summed E-state index contributed by atoms with van der Waals surface area (Å²) < 4.78 is 30.5. The lowest BCUT2D eigenvalue weighted by molar-refractivity contribution is -0.122.